The molecule has 2 aromatic rings. The van der Waals surface area contributed by atoms with Crippen molar-refractivity contribution in [3.05, 3.63) is 35.0 Å². The van der Waals surface area contributed by atoms with E-state index in [1.54, 1.807) is 35.8 Å². The predicted octanol–water partition coefficient (Wildman–Crippen LogP) is 2.75. The number of rotatable bonds is 6. The normalized spacial score (nSPS) is 11.8. The number of halogens is 1. The molecule has 0 spiro atoms. The first-order valence-corrected chi connectivity index (χ1v) is 8.72. The fraction of sp³-hybridized carbons (Fsp3) is 0.357. The van der Waals surface area contributed by atoms with Crippen LogP contribution in [0.4, 0.5) is 0 Å². The van der Waals surface area contributed by atoms with Crippen LogP contribution in [0.15, 0.2) is 24.3 Å². The van der Waals surface area contributed by atoms with Gasteiger partial charge in [-0.3, -0.25) is 4.55 Å². The number of aromatic nitrogens is 1. The molecule has 0 unspecified atom stereocenters. The third-order valence-electron chi connectivity index (χ3n) is 3.16. The van der Waals surface area contributed by atoms with E-state index in [-0.39, 0.29) is 25.3 Å². The first-order valence-electron chi connectivity index (χ1n) is 6.73. The van der Waals surface area contributed by atoms with Crippen molar-refractivity contribution in [1.29, 1.82) is 0 Å². The molecule has 0 saturated heterocycles. The smallest absolute Gasteiger partial charge is 0.354 e. The molecule has 0 radical (unpaired) electrons. The van der Waals surface area contributed by atoms with Gasteiger partial charge in [0.25, 0.3) is 10.1 Å². The quantitative estimate of drug-likeness (QED) is 0.642. The van der Waals surface area contributed by atoms with E-state index in [2.05, 4.69) is 0 Å². The van der Waals surface area contributed by atoms with Crippen LogP contribution in [0.2, 0.25) is 5.02 Å². The number of hydrogen-bond acceptors (Lipinski definition) is 4. The Labute approximate surface area is 133 Å². The van der Waals surface area contributed by atoms with Crippen LogP contribution >= 0.6 is 11.6 Å². The summed E-state index contributed by atoms with van der Waals surface area (Å²) in [5.41, 5.74) is 1.02. The summed E-state index contributed by atoms with van der Waals surface area (Å²) in [5, 5.41) is 1.19. The lowest BCUT2D eigenvalue weighted by Crippen LogP contribution is -2.14. The fourth-order valence-electron chi connectivity index (χ4n) is 2.27. The number of carbonyl (C=O) groups is 1. The van der Waals surface area contributed by atoms with E-state index < -0.39 is 16.1 Å². The van der Waals surface area contributed by atoms with Gasteiger partial charge in [-0.25, -0.2) is 4.79 Å². The van der Waals surface area contributed by atoms with Crippen LogP contribution in [-0.4, -0.2) is 35.9 Å². The Hall–Kier alpha value is -1.57. The van der Waals surface area contributed by atoms with Crippen LogP contribution in [0.25, 0.3) is 10.9 Å². The number of hydrogen-bond donors (Lipinski definition) is 1. The Bertz CT molecular complexity index is 797. The van der Waals surface area contributed by atoms with Crippen molar-refractivity contribution in [3.8, 4) is 0 Å². The second-order valence-electron chi connectivity index (χ2n) is 4.71. The van der Waals surface area contributed by atoms with Gasteiger partial charge in [-0.05, 0) is 31.5 Å². The summed E-state index contributed by atoms with van der Waals surface area (Å²) in [6.07, 6.45) is 0.168. The average molecular weight is 346 g/mol. The first kappa shape index (κ1) is 16.8. The van der Waals surface area contributed by atoms with Crippen LogP contribution in [0.1, 0.15) is 23.8 Å². The highest BCUT2D eigenvalue weighted by atomic mass is 35.5. The predicted molar refractivity (Wildman–Crippen MR) is 83.9 cm³/mol. The van der Waals surface area contributed by atoms with Gasteiger partial charge in [0.15, 0.2) is 0 Å². The molecule has 0 aliphatic rings. The van der Waals surface area contributed by atoms with Gasteiger partial charge in [-0.1, -0.05) is 17.7 Å². The van der Waals surface area contributed by atoms with Crippen LogP contribution in [0, 0.1) is 0 Å². The molecule has 0 bridgehead atoms. The van der Waals surface area contributed by atoms with Gasteiger partial charge in [-0.15, -0.1) is 0 Å². The Morgan fingerprint density at radius 3 is 2.77 bits per heavy atom. The molecule has 22 heavy (non-hydrogen) atoms. The lowest BCUT2D eigenvalue weighted by molar-refractivity contribution is 0.0514. The SMILES string of the molecule is CCOC(=O)c1cc2c(Cl)cccc2n1CCCS(=O)(=O)O. The van der Waals surface area contributed by atoms with Crippen LogP contribution in [0.3, 0.4) is 0 Å². The zero-order valence-corrected chi connectivity index (χ0v) is 13.5. The van der Waals surface area contributed by atoms with Crippen LogP contribution in [0.5, 0.6) is 0 Å². The number of aryl methyl sites for hydroxylation is 1. The maximum Gasteiger partial charge on any atom is 0.354 e. The molecule has 120 valence electrons. The van der Waals surface area contributed by atoms with Gasteiger partial charge >= 0.3 is 5.97 Å². The lowest BCUT2D eigenvalue weighted by atomic mass is 10.2. The Morgan fingerprint density at radius 2 is 2.14 bits per heavy atom. The lowest BCUT2D eigenvalue weighted by Gasteiger charge is -2.09. The summed E-state index contributed by atoms with van der Waals surface area (Å²) in [7, 11) is -4.04. The molecule has 1 aromatic carbocycles. The molecule has 0 saturated carbocycles. The second-order valence-corrected chi connectivity index (χ2v) is 6.69. The summed E-state index contributed by atoms with van der Waals surface area (Å²) in [5.74, 6) is -0.878. The third kappa shape index (κ3) is 3.79. The van der Waals surface area contributed by atoms with Gasteiger partial charge in [0.1, 0.15) is 5.69 Å². The monoisotopic (exact) mass is 345 g/mol. The van der Waals surface area contributed by atoms with Crippen molar-refractivity contribution in [2.45, 2.75) is 19.9 Å². The fourth-order valence-corrected chi connectivity index (χ4v) is 2.99. The van der Waals surface area contributed by atoms with Gasteiger partial charge in [0, 0.05) is 17.0 Å². The number of esters is 1. The molecule has 0 fully saturated rings. The Morgan fingerprint density at radius 1 is 1.41 bits per heavy atom. The molecule has 6 nitrogen and oxygen atoms in total. The summed E-state index contributed by atoms with van der Waals surface area (Å²) < 4.78 is 37.2. The molecule has 0 atom stereocenters. The van der Waals surface area contributed by atoms with Gasteiger partial charge in [0.2, 0.25) is 0 Å². The van der Waals surface area contributed by atoms with E-state index >= 15 is 0 Å². The van der Waals surface area contributed by atoms with Crippen molar-refractivity contribution in [2.24, 2.45) is 0 Å². The van der Waals surface area contributed by atoms with Crippen molar-refractivity contribution in [1.82, 2.24) is 4.57 Å². The molecule has 8 heteroatoms. The Balaban J connectivity index is 2.41. The van der Waals surface area contributed by atoms with E-state index in [9.17, 15) is 13.2 Å². The average Bonchev–Trinajstić information content (AvgIpc) is 2.78. The first-order chi connectivity index (χ1) is 10.3. The molecule has 2 rings (SSSR count). The minimum absolute atomic E-state index is 0.168. The summed E-state index contributed by atoms with van der Waals surface area (Å²) in [4.78, 5) is 12.1. The van der Waals surface area contributed by atoms with Gasteiger partial charge < -0.3 is 9.30 Å². The van der Waals surface area contributed by atoms with Crippen molar-refractivity contribution in [3.63, 3.8) is 0 Å². The Kier molecular flexibility index (Phi) is 5.10. The van der Waals surface area contributed by atoms with E-state index in [4.69, 9.17) is 20.9 Å². The molecule has 0 aliphatic heterocycles. The standard InChI is InChI=1S/C14H16ClNO5S/c1-2-21-14(17)13-9-10-11(15)5-3-6-12(10)16(13)7-4-8-22(18,19)20/h3,5-6,9H,2,4,7-8H2,1H3,(H,18,19,20). The maximum atomic E-state index is 12.1. The van der Waals surface area contributed by atoms with Crippen LogP contribution in [-0.2, 0) is 21.4 Å². The van der Waals surface area contributed by atoms with Crippen molar-refractivity contribution in [2.75, 3.05) is 12.4 Å². The van der Waals surface area contributed by atoms with E-state index in [1.165, 1.54) is 0 Å². The highest BCUT2D eigenvalue weighted by Gasteiger charge is 2.18. The number of carbonyl (C=O) groups excluding carboxylic acids is 1. The number of fused-ring (bicyclic) bond motifs is 1. The van der Waals surface area contributed by atoms with Gasteiger partial charge in [0.05, 0.1) is 17.9 Å². The molecule has 1 heterocycles. The zero-order chi connectivity index (χ0) is 16.3. The largest absolute Gasteiger partial charge is 0.461 e. The third-order valence-corrected chi connectivity index (χ3v) is 4.30. The van der Waals surface area contributed by atoms with E-state index in [0.717, 1.165) is 0 Å². The minimum Gasteiger partial charge on any atom is -0.461 e. The number of benzene rings is 1. The summed E-state index contributed by atoms with van der Waals surface area (Å²) >= 11 is 6.13. The van der Waals surface area contributed by atoms with Crippen molar-refractivity contribution < 1.29 is 22.5 Å². The highest BCUT2D eigenvalue weighted by Crippen LogP contribution is 2.27. The molecule has 1 N–H and O–H groups in total. The second kappa shape index (κ2) is 6.68. The highest BCUT2D eigenvalue weighted by molar-refractivity contribution is 7.85. The molecule has 0 aliphatic carbocycles. The van der Waals surface area contributed by atoms with Crippen molar-refractivity contribution >= 4 is 38.6 Å². The molecule has 1 aromatic heterocycles. The molecular weight excluding hydrogens is 330 g/mol. The number of ether oxygens (including phenoxy) is 1. The van der Waals surface area contributed by atoms with E-state index in [0.29, 0.717) is 21.6 Å². The maximum absolute atomic E-state index is 12.1. The van der Waals surface area contributed by atoms with E-state index in [1.807, 2.05) is 0 Å². The topological polar surface area (TPSA) is 85.6 Å². The summed E-state index contributed by atoms with van der Waals surface area (Å²) in [6, 6.07) is 6.88. The molecular formula is C14H16ClNO5S. The zero-order valence-electron chi connectivity index (χ0n) is 12.0. The van der Waals surface area contributed by atoms with Gasteiger partial charge in [-0.2, -0.15) is 8.42 Å². The number of nitrogens with zero attached hydrogens (tertiary/aromatic N) is 1. The molecule has 0 amide bonds. The summed E-state index contributed by atoms with van der Waals surface area (Å²) in [6.45, 7) is 2.19. The van der Waals surface area contributed by atoms with Crippen LogP contribution < -0.4 is 0 Å². The minimum atomic E-state index is -4.04.